The van der Waals surface area contributed by atoms with E-state index in [2.05, 4.69) is 5.32 Å². The van der Waals surface area contributed by atoms with Gasteiger partial charge in [0.15, 0.2) is 0 Å². The van der Waals surface area contributed by atoms with E-state index in [0.29, 0.717) is 0 Å². The number of hydrogen-bond donors (Lipinski definition) is 1. The van der Waals surface area contributed by atoms with Crippen LogP contribution < -0.4 is 5.32 Å². The van der Waals surface area contributed by atoms with Crippen LogP contribution >= 0.6 is 11.6 Å². The molecule has 0 bridgehead atoms. The molecule has 1 N–H and O–H groups in total. The first-order chi connectivity index (χ1) is 5.29. The molecule has 1 nitrogen and oxygen atoms in total. The topological polar surface area (TPSA) is 12.0 Å². The molecule has 0 aromatic heterocycles. The van der Waals surface area contributed by atoms with Crippen molar-refractivity contribution in [3.8, 4) is 0 Å². The minimum Gasteiger partial charge on any atom is -0.384 e. The van der Waals surface area contributed by atoms with Crippen molar-refractivity contribution in [2.24, 2.45) is 0 Å². The number of benzene rings is 1. The molecule has 0 aliphatic heterocycles. The van der Waals surface area contributed by atoms with E-state index < -0.39 is 0 Å². The third-order valence-electron chi connectivity index (χ3n) is 1.36. The molecule has 1 atom stereocenters. The molecule has 0 fully saturated rings. The van der Waals surface area contributed by atoms with Gasteiger partial charge in [-0.15, -0.1) is 11.6 Å². The molecule has 0 aliphatic carbocycles. The molecule has 0 spiro atoms. The van der Waals surface area contributed by atoms with E-state index in [1.807, 2.05) is 37.3 Å². The van der Waals surface area contributed by atoms with Gasteiger partial charge in [0, 0.05) is 17.6 Å². The molecular weight excluding hydrogens is 158 g/mol. The third-order valence-corrected chi connectivity index (χ3v) is 1.52. The lowest BCUT2D eigenvalue weighted by atomic mass is 10.3. The van der Waals surface area contributed by atoms with Crippen molar-refractivity contribution >= 4 is 17.3 Å². The Bertz CT molecular complexity index is 196. The molecular formula is C9H12ClN. The van der Waals surface area contributed by atoms with Gasteiger partial charge in [-0.1, -0.05) is 18.2 Å². The molecule has 0 saturated carbocycles. The summed E-state index contributed by atoms with van der Waals surface area (Å²) >= 11 is 5.77. The monoisotopic (exact) mass is 169 g/mol. The molecule has 1 aromatic carbocycles. The minimum atomic E-state index is 0.176. The second-order valence-corrected chi connectivity index (χ2v) is 3.27. The summed E-state index contributed by atoms with van der Waals surface area (Å²) in [4.78, 5) is 0. The van der Waals surface area contributed by atoms with Crippen molar-refractivity contribution in [1.29, 1.82) is 0 Å². The number of alkyl halides is 1. The van der Waals surface area contributed by atoms with E-state index in [-0.39, 0.29) is 5.38 Å². The number of rotatable bonds is 3. The van der Waals surface area contributed by atoms with Crippen LogP contribution in [0.4, 0.5) is 5.69 Å². The zero-order chi connectivity index (χ0) is 8.10. The third kappa shape index (κ3) is 3.28. The summed E-state index contributed by atoms with van der Waals surface area (Å²) < 4.78 is 0. The van der Waals surface area contributed by atoms with E-state index >= 15 is 0 Å². The highest BCUT2D eigenvalue weighted by atomic mass is 35.5. The lowest BCUT2D eigenvalue weighted by Gasteiger charge is -2.06. The van der Waals surface area contributed by atoms with Gasteiger partial charge in [0.05, 0.1) is 0 Å². The normalized spacial score (nSPS) is 12.5. The number of nitrogens with one attached hydrogen (secondary N) is 1. The van der Waals surface area contributed by atoms with Crippen molar-refractivity contribution in [2.75, 3.05) is 11.9 Å². The second-order valence-electron chi connectivity index (χ2n) is 2.53. The average Bonchev–Trinajstić information content (AvgIpc) is 2.03. The summed E-state index contributed by atoms with van der Waals surface area (Å²) in [7, 11) is 0. The minimum absolute atomic E-state index is 0.176. The highest BCUT2D eigenvalue weighted by Crippen LogP contribution is 2.05. The maximum Gasteiger partial charge on any atom is 0.0480 e. The van der Waals surface area contributed by atoms with Crippen LogP contribution in [0.15, 0.2) is 30.3 Å². The summed E-state index contributed by atoms with van der Waals surface area (Å²) in [6.07, 6.45) is 0. The smallest absolute Gasteiger partial charge is 0.0480 e. The average molecular weight is 170 g/mol. The molecule has 0 heterocycles. The molecule has 1 unspecified atom stereocenters. The Morgan fingerprint density at radius 1 is 1.36 bits per heavy atom. The Labute approximate surface area is 72.4 Å². The van der Waals surface area contributed by atoms with Gasteiger partial charge >= 0.3 is 0 Å². The fraction of sp³-hybridized carbons (Fsp3) is 0.333. The van der Waals surface area contributed by atoms with Gasteiger partial charge in [-0.05, 0) is 19.1 Å². The van der Waals surface area contributed by atoms with Gasteiger partial charge in [-0.2, -0.15) is 0 Å². The fourth-order valence-corrected chi connectivity index (χ4v) is 0.892. The zero-order valence-electron chi connectivity index (χ0n) is 6.55. The van der Waals surface area contributed by atoms with E-state index in [1.54, 1.807) is 0 Å². The SMILES string of the molecule is CC(Cl)CNc1ccccc1. The standard InChI is InChI=1S/C9H12ClN/c1-8(10)7-11-9-5-3-2-4-6-9/h2-6,8,11H,7H2,1H3. The second kappa shape index (κ2) is 4.24. The van der Waals surface area contributed by atoms with Crippen molar-refractivity contribution < 1.29 is 0 Å². The first-order valence-electron chi connectivity index (χ1n) is 3.72. The van der Waals surface area contributed by atoms with Gasteiger partial charge in [-0.25, -0.2) is 0 Å². The molecule has 60 valence electrons. The molecule has 0 amide bonds. The number of anilines is 1. The van der Waals surface area contributed by atoms with E-state index in [9.17, 15) is 0 Å². The quantitative estimate of drug-likeness (QED) is 0.687. The van der Waals surface area contributed by atoms with Crippen LogP contribution in [0.3, 0.4) is 0 Å². The van der Waals surface area contributed by atoms with E-state index in [4.69, 9.17) is 11.6 Å². The van der Waals surface area contributed by atoms with E-state index in [1.165, 1.54) is 0 Å². The summed E-state index contributed by atoms with van der Waals surface area (Å²) in [6.45, 7) is 2.78. The van der Waals surface area contributed by atoms with Crippen LogP contribution in [0.5, 0.6) is 0 Å². The Morgan fingerprint density at radius 2 is 2.00 bits per heavy atom. The highest BCUT2D eigenvalue weighted by molar-refractivity contribution is 6.20. The van der Waals surface area contributed by atoms with Crippen LogP contribution in [0.25, 0.3) is 0 Å². The zero-order valence-corrected chi connectivity index (χ0v) is 7.31. The van der Waals surface area contributed by atoms with Crippen LogP contribution in [0, 0.1) is 0 Å². The molecule has 0 radical (unpaired) electrons. The first kappa shape index (κ1) is 8.41. The Morgan fingerprint density at radius 3 is 2.55 bits per heavy atom. The summed E-state index contributed by atoms with van der Waals surface area (Å²) in [5, 5.41) is 3.39. The lowest BCUT2D eigenvalue weighted by Crippen LogP contribution is -2.09. The van der Waals surface area contributed by atoms with Crippen molar-refractivity contribution in [3.05, 3.63) is 30.3 Å². The molecule has 0 aliphatic rings. The van der Waals surface area contributed by atoms with Crippen molar-refractivity contribution in [2.45, 2.75) is 12.3 Å². The van der Waals surface area contributed by atoms with Crippen LogP contribution in [0.2, 0.25) is 0 Å². The number of para-hydroxylation sites is 1. The summed E-state index contributed by atoms with van der Waals surface area (Å²) in [5.41, 5.74) is 1.13. The van der Waals surface area contributed by atoms with Crippen LogP contribution in [-0.2, 0) is 0 Å². The fourth-order valence-electron chi connectivity index (χ4n) is 0.814. The lowest BCUT2D eigenvalue weighted by molar-refractivity contribution is 0.989. The van der Waals surface area contributed by atoms with Gasteiger partial charge in [-0.3, -0.25) is 0 Å². The predicted molar refractivity (Wildman–Crippen MR) is 50.2 cm³/mol. The van der Waals surface area contributed by atoms with Crippen LogP contribution in [-0.4, -0.2) is 11.9 Å². The summed E-state index contributed by atoms with van der Waals surface area (Å²) in [5.74, 6) is 0. The van der Waals surface area contributed by atoms with E-state index in [0.717, 1.165) is 12.2 Å². The summed E-state index contributed by atoms with van der Waals surface area (Å²) in [6, 6.07) is 10.1. The van der Waals surface area contributed by atoms with Crippen molar-refractivity contribution in [1.82, 2.24) is 0 Å². The number of hydrogen-bond acceptors (Lipinski definition) is 1. The van der Waals surface area contributed by atoms with Crippen LogP contribution in [0.1, 0.15) is 6.92 Å². The molecule has 1 rings (SSSR count). The molecule has 1 aromatic rings. The molecule has 11 heavy (non-hydrogen) atoms. The maximum atomic E-state index is 5.77. The Kier molecular flexibility index (Phi) is 3.24. The Balaban J connectivity index is 2.39. The largest absolute Gasteiger partial charge is 0.384 e. The van der Waals surface area contributed by atoms with Gasteiger partial charge in [0.1, 0.15) is 0 Å². The highest BCUT2D eigenvalue weighted by Gasteiger charge is 1.93. The van der Waals surface area contributed by atoms with Gasteiger partial charge in [0.25, 0.3) is 0 Å². The van der Waals surface area contributed by atoms with Gasteiger partial charge < -0.3 is 5.32 Å². The van der Waals surface area contributed by atoms with Crippen molar-refractivity contribution in [3.63, 3.8) is 0 Å². The Hall–Kier alpha value is -0.690. The number of halogens is 1. The molecule has 2 heteroatoms. The first-order valence-corrected chi connectivity index (χ1v) is 4.15. The predicted octanol–water partition coefficient (Wildman–Crippen LogP) is 2.73. The molecule has 0 saturated heterocycles. The van der Waals surface area contributed by atoms with Gasteiger partial charge in [0.2, 0.25) is 0 Å². The maximum absolute atomic E-state index is 5.77.